The van der Waals surface area contributed by atoms with Gasteiger partial charge in [-0.05, 0) is 30.7 Å². The van der Waals surface area contributed by atoms with Crippen LogP contribution < -0.4 is 5.32 Å². The summed E-state index contributed by atoms with van der Waals surface area (Å²) in [5, 5.41) is 9.60. The second kappa shape index (κ2) is 7.31. The fraction of sp³-hybridized carbons (Fsp3) is 0.105. The number of nitrogens with zero attached hydrogens (tertiary/aromatic N) is 3. The standard InChI is InChI=1S/C19H14Cl2N4OS/c1-11(26)13-3-2-4-14(8-13)17-10-25-19(23-17)27-18(24-25)22-9-12-5-6-15(20)16(21)7-12/h2-8,10H,9H2,1H3,(H,22,24). The van der Waals surface area contributed by atoms with E-state index in [-0.39, 0.29) is 5.78 Å². The largest absolute Gasteiger partial charge is 0.356 e. The number of halogens is 2. The molecule has 0 amide bonds. The predicted octanol–water partition coefficient (Wildman–Crippen LogP) is 5.58. The minimum atomic E-state index is 0.0322. The third-order valence-electron chi connectivity index (χ3n) is 4.04. The lowest BCUT2D eigenvalue weighted by Crippen LogP contribution is -1.99. The summed E-state index contributed by atoms with van der Waals surface area (Å²) >= 11 is 13.4. The molecular formula is C19H14Cl2N4OS. The summed E-state index contributed by atoms with van der Waals surface area (Å²) in [7, 11) is 0. The Balaban J connectivity index is 1.52. The zero-order valence-corrected chi connectivity index (χ0v) is 16.6. The molecule has 8 heteroatoms. The Morgan fingerprint density at radius 1 is 1.19 bits per heavy atom. The van der Waals surface area contributed by atoms with Gasteiger partial charge in [-0.2, -0.15) is 0 Å². The van der Waals surface area contributed by atoms with Gasteiger partial charge >= 0.3 is 0 Å². The van der Waals surface area contributed by atoms with Crippen molar-refractivity contribution in [3.8, 4) is 11.3 Å². The van der Waals surface area contributed by atoms with E-state index in [0.29, 0.717) is 22.2 Å². The number of carbonyl (C=O) groups is 1. The second-order valence-electron chi connectivity index (χ2n) is 6.00. The van der Waals surface area contributed by atoms with Crippen molar-refractivity contribution < 1.29 is 4.79 Å². The van der Waals surface area contributed by atoms with Crippen LogP contribution in [0.1, 0.15) is 22.8 Å². The fourth-order valence-corrected chi connectivity index (χ4v) is 3.73. The number of nitrogens with one attached hydrogen (secondary N) is 1. The normalized spacial score (nSPS) is 11.1. The molecule has 0 saturated carbocycles. The second-order valence-corrected chi connectivity index (χ2v) is 7.77. The molecule has 0 unspecified atom stereocenters. The number of aromatic nitrogens is 3. The van der Waals surface area contributed by atoms with Crippen molar-refractivity contribution in [2.45, 2.75) is 13.5 Å². The Bertz CT molecular complexity index is 1120. The highest BCUT2D eigenvalue weighted by Gasteiger charge is 2.11. The molecule has 0 aliphatic rings. The maximum atomic E-state index is 11.6. The van der Waals surface area contributed by atoms with E-state index in [4.69, 9.17) is 23.2 Å². The van der Waals surface area contributed by atoms with Crippen LogP contribution in [-0.4, -0.2) is 20.4 Å². The summed E-state index contributed by atoms with van der Waals surface area (Å²) in [5.41, 5.74) is 3.36. The molecule has 0 spiro atoms. The van der Waals surface area contributed by atoms with Crippen LogP contribution in [0.2, 0.25) is 10.0 Å². The first kappa shape index (κ1) is 18.0. The molecule has 0 fully saturated rings. The highest BCUT2D eigenvalue weighted by Crippen LogP contribution is 2.26. The number of ketones is 1. The molecule has 0 aliphatic heterocycles. The molecule has 0 radical (unpaired) electrons. The van der Waals surface area contributed by atoms with Crippen LogP contribution >= 0.6 is 34.5 Å². The predicted molar refractivity (Wildman–Crippen MR) is 110 cm³/mol. The van der Waals surface area contributed by atoms with Gasteiger partial charge in [-0.3, -0.25) is 4.79 Å². The van der Waals surface area contributed by atoms with Gasteiger partial charge < -0.3 is 5.32 Å². The number of rotatable bonds is 5. The van der Waals surface area contributed by atoms with E-state index in [1.807, 2.05) is 36.5 Å². The number of imidazole rings is 1. The summed E-state index contributed by atoms with van der Waals surface area (Å²) in [6.45, 7) is 2.14. The first-order chi connectivity index (χ1) is 13.0. The van der Waals surface area contributed by atoms with Gasteiger partial charge in [-0.1, -0.05) is 58.8 Å². The molecule has 0 bridgehead atoms. The van der Waals surface area contributed by atoms with E-state index in [0.717, 1.165) is 26.9 Å². The lowest BCUT2D eigenvalue weighted by molar-refractivity contribution is 0.101. The zero-order valence-electron chi connectivity index (χ0n) is 14.2. The minimum absolute atomic E-state index is 0.0322. The van der Waals surface area contributed by atoms with Crippen molar-refractivity contribution in [1.82, 2.24) is 14.6 Å². The summed E-state index contributed by atoms with van der Waals surface area (Å²) in [6.07, 6.45) is 1.86. The molecule has 0 saturated heterocycles. The van der Waals surface area contributed by atoms with Gasteiger partial charge in [0, 0.05) is 17.7 Å². The number of carbonyl (C=O) groups excluding carboxylic acids is 1. The molecule has 4 rings (SSSR count). The highest BCUT2D eigenvalue weighted by atomic mass is 35.5. The van der Waals surface area contributed by atoms with Crippen molar-refractivity contribution >= 4 is 50.4 Å². The quantitative estimate of drug-likeness (QED) is 0.431. The monoisotopic (exact) mass is 416 g/mol. The molecule has 2 aromatic heterocycles. The maximum absolute atomic E-state index is 11.6. The van der Waals surface area contributed by atoms with Gasteiger partial charge in [-0.25, -0.2) is 9.50 Å². The van der Waals surface area contributed by atoms with Gasteiger partial charge in [0.2, 0.25) is 10.1 Å². The third kappa shape index (κ3) is 3.83. The first-order valence-electron chi connectivity index (χ1n) is 8.15. The van der Waals surface area contributed by atoms with Crippen LogP contribution in [0.25, 0.3) is 16.2 Å². The van der Waals surface area contributed by atoms with Crippen molar-refractivity contribution in [1.29, 1.82) is 0 Å². The molecular weight excluding hydrogens is 403 g/mol. The average Bonchev–Trinajstić information content (AvgIpc) is 3.21. The molecule has 5 nitrogen and oxygen atoms in total. The van der Waals surface area contributed by atoms with Crippen molar-refractivity contribution in [3.63, 3.8) is 0 Å². The molecule has 0 aliphatic carbocycles. The Hall–Kier alpha value is -2.41. The number of anilines is 1. The molecule has 2 aromatic carbocycles. The highest BCUT2D eigenvalue weighted by molar-refractivity contribution is 7.20. The van der Waals surface area contributed by atoms with E-state index < -0.39 is 0 Å². The fourth-order valence-electron chi connectivity index (χ4n) is 2.64. The van der Waals surface area contributed by atoms with Crippen LogP contribution in [0, 0.1) is 0 Å². The van der Waals surface area contributed by atoms with E-state index in [1.165, 1.54) is 11.3 Å². The lowest BCUT2D eigenvalue weighted by Gasteiger charge is -2.04. The molecule has 2 heterocycles. The smallest absolute Gasteiger partial charge is 0.214 e. The number of Topliss-reactive ketones (excluding diaryl/α,β-unsaturated/α-hetero) is 1. The van der Waals surface area contributed by atoms with Gasteiger partial charge in [0.15, 0.2) is 5.78 Å². The lowest BCUT2D eigenvalue weighted by atomic mass is 10.1. The van der Waals surface area contributed by atoms with Gasteiger partial charge in [-0.15, -0.1) is 5.10 Å². The summed E-state index contributed by atoms with van der Waals surface area (Å²) < 4.78 is 1.73. The third-order valence-corrected chi connectivity index (χ3v) is 5.66. The number of fused-ring (bicyclic) bond motifs is 1. The first-order valence-corrected chi connectivity index (χ1v) is 9.72. The molecule has 0 atom stereocenters. The van der Waals surface area contributed by atoms with Gasteiger partial charge in [0.1, 0.15) is 0 Å². The minimum Gasteiger partial charge on any atom is -0.356 e. The van der Waals surface area contributed by atoms with E-state index >= 15 is 0 Å². The Labute approximate surface area is 169 Å². The molecule has 136 valence electrons. The Morgan fingerprint density at radius 2 is 2.04 bits per heavy atom. The topological polar surface area (TPSA) is 59.3 Å². The number of hydrogen-bond donors (Lipinski definition) is 1. The van der Waals surface area contributed by atoms with Crippen molar-refractivity contribution in [2.24, 2.45) is 0 Å². The van der Waals surface area contributed by atoms with Crippen molar-refractivity contribution in [3.05, 3.63) is 69.8 Å². The summed E-state index contributed by atoms with van der Waals surface area (Å²) in [5.74, 6) is 0.0322. The number of benzene rings is 2. The van der Waals surface area contributed by atoms with E-state index in [2.05, 4.69) is 15.4 Å². The molecule has 27 heavy (non-hydrogen) atoms. The van der Waals surface area contributed by atoms with Gasteiger partial charge in [0.25, 0.3) is 0 Å². The maximum Gasteiger partial charge on any atom is 0.214 e. The summed E-state index contributed by atoms with van der Waals surface area (Å²) in [6, 6.07) is 13.0. The van der Waals surface area contributed by atoms with E-state index in [9.17, 15) is 4.79 Å². The molecule has 4 aromatic rings. The van der Waals surface area contributed by atoms with Crippen LogP contribution in [0.5, 0.6) is 0 Å². The van der Waals surface area contributed by atoms with Gasteiger partial charge in [0.05, 0.1) is 21.9 Å². The van der Waals surface area contributed by atoms with Crippen LogP contribution in [0.4, 0.5) is 5.13 Å². The SMILES string of the molecule is CC(=O)c1cccc(-c2cn3nc(NCc4ccc(Cl)c(Cl)c4)sc3n2)c1. The van der Waals surface area contributed by atoms with Crippen molar-refractivity contribution in [2.75, 3.05) is 5.32 Å². The number of hydrogen-bond acceptors (Lipinski definition) is 5. The zero-order chi connectivity index (χ0) is 19.0. The summed E-state index contributed by atoms with van der Waals surface area (Å²) in [4.78, 5) is 17.0. The Morgan fingerprint density at radius 3 is 2.78 bits per heavy atom. The van der Waals surface area contributed by atoms with Crippen LogP contribution in [0.3, 0.4) is 0 Å². The molecule has 1 N–H and O–H groups in total. The van der Waals surface area contributed by atoms with Crippen LogP contribution in [-0.2, 0) is 6.54 Å². The van der Waals surface area contributed by atoms with E-state index in [1.54, 1.807) is 23.6 Å². The Kier molecular flexibility index (Phi) is 4.86. The van der Waals surface area contributed by atoms with Crippen LogP contribution in [0.15, 0.2) is 48.7 Å². The average molecular weight is 417 g/mol.